The molecule has 0 atom stereocenters. The Bertz CT molecular complexity index is 1390. The van der Waals surface area contributed by atoms with Crippen LogP contribution in [0.1, 0.15) is 55.0 Å². The second-order valence-corrected chi connectivity index (χ2v) is 9.44. The molecule has 39 heavy (non-hydrogen) atoms. The number of nitrogens with one attached hydrogen (secondary N) is 2. The minimum atomic E-state index is -1.05. The fourth-order valence-corrected chi connectivity index (χ4v) is 5.24. The Morgan fingerprint density at radius 2 is 1.59 bits per heavy atom. The zero-order valence-corrected chi connectivity index (χ0v) is 22.2. The van der Waals surface area contributed by atoms with E-state index >= 15 is 0 Å². The summed E-state index contributed by atoms with van der Waals surface area (Å²) >= 11 is 1.30. The van der Waals surface area contributed by atoms with Crippen molar-refractivity contribution < 1.29 is 37.4 Å². The first-order valence-corrected chi connectivity index (χ1v) is 12.7. The first kappa shape index (κ1) is 27.8. The number of piperidine rings is 1. The highest BCUT2D eigenvalue weighted by Gasteiger charge is 2.30. The maximum absolute atomic E-state index is 13.8. The van der Waals surface area contributed by atoms with Gasteiger partial charge in [0.05, 0.1) is 37.5 Å². The number of nitrogens with zero attached hydrogens (tertiary/aromatic N) is 2. The summed E-state index contributed by atoms with van der Waals surface area (Å²) in [5.74, 6) is -2.54. The van der Waals surface area contributed by atoms with E-state index in [2.05, 4.69) is 15.8 Å². The number of hydrogen-bond donors (Lipinski definition) is 2. The van der Waals surface area contributed by atoms with Gasteiger partial charge in [-0.2, -0.15) is 0 Å². The fraction of sp³-hybridized carbons (Fsp3) is 0.308. The molecular formula is C26H26F2N4O6S. The smallest absolute Gasteiger partial charge is 0.289 e. The minimum absolute atomic E-state index is 0.0378. The summed E-state index contributed by atoms with van der Waals surface area (Å²) in [6, 6.07) is 5.79. The van der Waals surface area contributed by atoms with Crippen molar-refractivity contribution in [3.63, 3.8) is 0 Å². The lowest BCUT2D eigenvalue weighted by Crippen LogP contribution is -2.42. The first-order chi connectivity index (χ1) is 18.8. The molecule has 0 unspecified atom stereocenters. The predicted octanol–water partition coefficient (Wildman–Crippen LogP) is 3.54. The van der Waals surface area contributed by atoms with Crippen LogP contribution in [0.3, 0.4) is 0 Å². The molecule has 1 aromatic heterocycles. The normalized spacial score (nSPS) is 13.5. The molecule has 0 aliphatic carbocycles. The van der Waals surface area contributed by atoms with Gasteiger partial charge in [0, 0.05) is 30.5 Å². The van der Waals surface area contributed by atoms with Gasteiger partial charge in [-0.15, -0.1) is 11.3 Å². The van der Waals surface area contributed by atoms with Gasteiger partial charge in [-0.1, -0.05) is 0 Å². The van der Waals surface area contributed by atoms with Crippen LogP contribution in [0.2, 0.25) is 0 Å². The summed E-state index contributed by atoms with van der Waals surface area (Å²) in [7, 11) is 4.44. The number of ether oxygens (including phenoxy) is 3. The van der Waals surface area contributed by atoms with Crippen LogP contribution in [0.25, 0.3) is 0 Å². The summed E-state index contributed by atoms with van der Waals surface area (Å²) < 4.78 is 42.9. The van der Waals surface area contributed by atoms with Crippen molar-refractivity contribution in [2.75, 3.05) is 34.4 Å². The van der Waals surface area contributed by atoms with E-state index in [9.17, 15) is 23.2 Å². The van der Waals surface area contributed by atoms with Gasteiger partial charge in [-0.25, -0.2) is 13.8 Å². The Morgan fingerprint density at radius 1 is 0.923 bits per heavy atom. The van der Waals surface area contributed by atoms with Crippen molar-refractivity contribution in [2.45, 2.75) is 18.8 Å². The third-order valence-corrected chi connectivity index (χ3v) is 7.29. The molecule has 1 aliphatic heterocycles. The second kappa shape index (κ2) is 12.1. The van der Waals surface area contributed by atoms with E-state index in [0.29, 0.717) is 54.8 Å². The second-order valence-electron chi connectivity index (χ2n) is 8.55. The van der Waals surface area contributed by atoms with Gasteiger partial charge in [0.1, 0.15) is 17.3 Å². The van der Waals surface area contributed by atoms with Crippen LogP contribution in [0.15, 0.2) is 35.7 Å². The molecule has 3 amide bonds. The van der Waals surface area contributed by atoms with E-state index in [-0.39, 0.29) is 17.5 Å². The average Bonchev–Trinajstić information content (AvgIpc) is 3.45. The summed E-state index contributed by atoms with van der Waals surface area (Å²) in [6.07, 6.45) is 1.27. The van der Waals surface area contributed by atoms with Gasteiger partial charge in [0.2, 0.25) is 5.75 Å². The number of hydrazine groups is 1. The molecule has 2 N–H and O–H groups in total. The maximum atomic E-state index is 13.8. The van der Waals surface area contributed by atoms with Gasteiger partial charge in [0.25, 0.3) is 17.7 Å². The van der Waals surface area contributed by atoms with Crippen molar-refractivity contribution in [3.05, 3.63) is 69.2 Å². The number of thiazole rings is 1. The first-order valence-electron chi connectivity index (χ1n) is 11.9. The Labute approximate surface area is 226 Å². The van der Waals surface area contributed by atoms with Crippen LogP contribution >= 0.6 is 11.3 Å². The number of amides is 3. The van der Waals surface area contributed by atoms with Crippen LogP contribution in [0.5, 0.6) is 17.2 Å². The van der Waals surface area contributed by atoms with E-state index < -0.39 is 29.0 Å². The number of carbonyl (C=O) groups excluding carboxylic acids is 3. The number of hydrogen-bond acceptors (Lipinski definition) is 8. The third kappa shape index (κ3) is 5.93. The Hall–Kier alpha value is -4.26. The number of benzene rings is 2. The third-order valence-electron chi connectivity index (χ3n) is 6.29. The number of likely N-dealkylation sites (tertiary alicyclic amines) is 1. The summed E-state index contributed by atoms with van der Waals surface area (Å²) in [5.41, 5.74) is 4.32. The molecule has 1 saturated heterocycles. The SMILES string of the molecule is COc1ccc(C(=O)N2CCC(c3nc(C(=O)NNC(=O)c4ccc(F)cc4F)cs3)CC2)c(OC)c1OC. The monoisotopic (exact) mass is 560 g/mol. The van der Waals surface area contributed by atoms with Crippen LogP contribution in [0.4, 0.5) is 8.78 Å². The van der Waals surface area contributed by atoms with Gasteiger partial charge in [0.15, 0.2) is 11.5 Å². The number of aromatic nitrogens is 1. The summed E-state index contributed by atoms with van der Waals surface area (Å²) in [4.78, 5) is 43.9. The lowest BCUT2D eigenvalue weighted by molar-refractivity contribution is 0.0708. The minimum Gasteiger partial charge on any atom is -0.493 e. The predicted molar refractivity (Wildman–Crippen MR) is 137 cm³/mol. The molecule has 10 nitrogen and oxygen atoms in total. The molecule has 0 spiro atoms. The van der Waals surface area contributed by atoms with Gasteiger partial charge < -0.3 is 19.1 Å². The van der Waals surface area contributed by atoms with Crippen LogP contribution in [-0.4, -0.2) is 62.0 Å². The highest BCUT2D eigenvalue weighted by Crippen LogP contribution is 2.40. The van der Waals surface area contributed by atoms with Crippen molar-refractivity contribution >= 4 is 29.1 Å². The summed E-state index contributed by atoms with van der Waals surface area (Å²) in [6.45, 7) is 0.947. The quantitative estimate of drug-likeness (QED) is 0.425. The molecule has 0 saturated carbocycles. The Morgan fingerprint density at radius 3 is 2.23 bits per heavy atom. The molecule has 1 aliphatic rings. The molecule has 13 heteroatoms. The van der Waals surface area contributed by atoms with Crippen LogP contribution < -0.4 is 25.1 Å². The average molecular weight is 561 g/mol. The molecule has 1 fully saturated rings. The van der Waals surface area contributed by atoms with E-state index in [1.165, 1.54) is 32.7 Å². The lowest BCUT2D eigenvalue weighted by atomic mass is 9.97. The Kier molecular flexibility index (Phi) is 8.59. The number of halogens is 2. The van der Waals surface area contributed by atoms with Crippen LogP contribution in [0, 0.1) is 11.6 Å². The number of methoxy groups -OCH3 is 3. The zero-order chi connectivity index (χ0) is 28.1. The van der Waals surface area contributed by atoms with Gasteiger partial charge >= 0.3 is 0 Å². The molecule has 3 aromatic rings. The summed E-state index contributed by atoms with van der Waals surface area (Å²) in [5, 5.41) is 2.29. The van der Waals surface area contributed by atoms with E-state index in [1.54, 1.807) is 22.4 Å². The molecule has 2 heterocycles. The number of carbonyl (C=O) groups is 3. The van der Waals surface area contributed by atoms with Gasteiger partial charge in [-0.05, 0) is 37.1 Å². The Balaban J connectivity index is 1.34. The highest BCUT2D eigenvalue weighted by atomic mass is 32.1. The van der Waals surface area contributed by atoms with Crippen molar-refractivity contribution in [1.82, 2.24) is 20.7 Å². The molecule has 2 aromatic carbocycles. The molecular weight excluding hydrogens is 534 g/mol. The van der Waals surface area contributed by atoms with Crippen molar-refractivity contribution in [2.24, 2.45) is 0 Å². The van der Waals surface area contributed by atoms with E-state index in [1.807, 2.05) is 0 Å². The standard InChI is InChI=1S/C26H26F2N4O6S/c1-36-20-7-6-17(21(37-2)22(20)38-3)26(35)32-10-8-14(9-11-32)25-29-19(13-39-25)24(34)31-30-23(33)16-5-4-15(27)12-18(16)28/h4-7,12-14H,8-11H2,1-3H3,(H,30,33)(H,31,34). The molecule has 0 radical (unpaired) electrons. The molecule has 0 bridgehead atoms. The molecule has 4 rings (SSSR count). The largest absolute Gasteiger partial charge is 0.493 e. The lowest BCUT2D eigenvalue weighted by Gasteiger charge is -2.31. The van der Waals surface area contributed by atoms with Crippen LogP contribution in [-0.2, 0) is 0 Å². The topological polar surface area (TPSA) is 119 Å². The molecule has 206 valence electrons. The fourth-order valence-electron chi connectivity index (χ4n) is 4.27. The van der Waals surface area contributed by atoms with Crippen molar-refractivity contribution in [3.8, 4) is 17.2 Å². The van der Waals surface area contributed by atoms with E-state index in [4.69, 9.17) is 14.2 Å². The zero-order valence-electron chi connectivity index (χ0n) is 21.4. The van der Waals surface area contributed by atoms with E-state index in [0.717, 1.165) is 17.1 Å². The van der Waals surface area contributed by atoms with Crippen molar-refractivity contribution in [1.29, 1.82) is 0 Å². The highest BCUT2D eigenvalue weighted by molar-refractivity contribution is 7.09. The van der Waals surface area contributed by atoms with Gasteiger partial charge in [-0.3, -0.25) is 25.2 Å². The number of rotatable bonds is 7. The maximum Gasteiger partial charge on any atom is 0.289 e.